The van der Waals surface area contributed by atoms with Crippen molar-refractivity contribution in [2.75, 3.05) is 13.2 Å². The van der Waals surface area contributed by atoms with Gasteiger partial charge in [0.25, 0.3) is 0 Å². The van der Waals surface area contributed by atoms with Gasteiger partial charge in [0, 0.05) is 0 Å². The van der Waals surface area contributed by atoms with E-state index in [0.717, 1.165) is 0 Å². The fourth-order valence-corrected chi connectivity index (χ4v) is 0.987. The fourth-order valence-electron chi connectivity index (χ4n) is 0.987. The summed E-state index contributed by atoms with van der Waals surface area (Å²) in [6.45, 7) is 4.22. The molecule has 0 aromatic heterocycles. The van der Waals surface area contributed by atoms with Gasteiger partial charge in [0.15, 0.2) is 6.10 Å². The van der Waals surface area contributed by atoms with Crippen LogP contribution in [0.2, 0.25) is 0 Å². The molecule has 0 aliphatic carbocycles. The fraction of sp³-hybridized carbons (Fsp3) is 0.857. The monoisotopic (exact) mass is 160 g/mol. The molecule has 1 heterocycles. The van der Waals surface area contributed by atoms with E-state index in [1.165, 1.54) is 0 Å². The quantitative estimate of drug-likeness (QED) is 0.598. The second kappa shape index (κ2) is 2.79. The number of carbonyl (C=O) groups is 1. The van der Waals surface area contributed by atoms with Crippen molar-refractivity contribution in [1.29, 1.82) is 0 Å². The number of hydrogen-bond donors (Lipinski definition) is 1. The molecule has 1 aliphatic heterocycles. The van der Waals surface area contributed by atoms with Crippen molar-refractivity contribution in [3.8, 4) is 0 Å². The molecule has 0 aromatic rings. The summed E-state index contributed by atoms with van der Waals surface area (Å²) in [6, 6.07) is 0. The zero-order chi connectivity index (χ0) is 8.48. The first-order chi connectivity index (χ1) is 5.01. The highest BCUT2D eigenvalue weighted by Crippen LogP contribution is 2.18. The van der Waals surface area contributed by atoms with Crippen molar-refractivity contribution in [3.63, 3.8) is 0 Å². The SMILES string of the molecule is CC1(C)COCC(C(=O)O)O1. The largest absolute Gasteiger partial charge is 0.479 e. The van der Waals surface area contributed by atoms with Crippen molar-refractivity contribution < 1.29 is 19.4 Å². The zero-order valence-corrected chi connectivity index (χ0v) is 6.66. The van der Waals surface area contributed by atoms with Gasteiger partial charge in [0.05, 0.1) is 18.8 Å². The van der Waals surface area contributed by atoms with Gasteiger partial charge < -0.3 is 14.6 Å². The van der Waals surface area contributed by atoms with Crippen LogP contribution in [0.1, 0.15) is 13.8 Å². The third-order valence-corrected chi connectivity index (χ3v) is 1.46. The molecule has 1 N–H and O–H groups in total. The van der Waals surface area contributed by atoms with Crippen LogP contribution >= 0.6 is 0 Å². The van der Waals surface area contributed by atoms with Crippen molar-refractivity contribution >= 4 is 5.97 Å². The Hall–Kier alpha value is -0.610. The Kier molecular flexibility index (Phi) is 2.15. The van der Waals surface area contributed by atoms with Gasteiger partial charge in [0.2, 0.25) is 0 Å². The molecule has 1 atom stereocenters. The van der Waals surface area contributed by atoms with Crippen molar-refractivity contribution in [2.45, 2.75) is 25.6 Å². The summed E-state index contributed by atoms with van der Waals surface area (Å²) < 4.78 is 10.3. The summed E-state index contributed by atoms with van der Waals surface area (Å²) in [6.07, 6.45) is -0.807. The van der Waals surface area contributed by atoms with E-state index >= 15 is 0 Å². The van der Waals surface area contributed by atoms with Crippen LogP contribution in [0.15, 0.2) is 0 Å². The lowest BCUT2D eigenvalue weighted by Crippen LogP contribution is -2.46. The predicted molar refractivity (Wildman–Crippen MR) is 37.4 cm³/mol. The maximum atomic E-state index is 10.4. The average Bonchev–Trinajstić information content (AvgIpc) is 1.85. The van der Waals surface area contributed by atoms with E-state index in [9.17, 15) is 4.79 Å². The number of carboxylic acid groups (broad SMARTS) is 1. The molecule has 11 heavy (non-hydrogen) atoms. The summed E-state index contributed by atoms with van der Waals surface area (Å²) in [7, 11) is 0. The van der Waals surface area contributed by atoms with Gasteiger partial charge in [-0.15, -0.1) is 0 Å². The van der Waals surface area contributed by atoms with Gasteiger partial charge in [-0.1, -0.05) is 0 Å². The zero-order valence-electron chi connectivity index (χ0n) is 6.66. The van der Waals surface area contributed by atoms with Gasteiger partial charge in [0.1, 0.15) is 0 Å². The Morgan fingerprint density at radius 1 is 1.64 bits per heavy atom. The van der Waals surface area contributed by atoms with E-state index in [2.05, 4.69) is 0 Å². The third kappa shape index (κ3) is 2.17. The molecule has 0 amide bonds. The average molecular weight is 160 g/mol. The summed E-state index contributed by atoms with van der Waals surface area (Å²) in [5.74, 6) is -0.960. The summed E-state index contributed by atoms with van der Waals surface area (Å²) in [5, 5.41) is 8.57. The molecule has 1 unspecified atom stereocenters. The molecule has 1 rings (SSSR count). The van der Waals surface area contributed by atoms with Crippen molar-refractivity contribution in [2.24, 2.45) is 0 Å². The van der Waals surface area contributed by atoms with Crippen LogP contribution in [0.25, 0.3) is 0 Å². The minimum atomic E-state index is -0.960. The highest BCUT2D eigenvalue weighted by molar-refractivity contribution is 5.72. The molecular formula is C7H12O4. The Balaban J connectivity index is 2.53. The molecule has 4 nitrogen and oxygen atoms in total. The molecule has 1 saturated heterocycles. The summed E-state index contributed by atoms with van der Waals surface area (Å²) in [5.41, 5.74) is -0.471. The van der Waals surface area contributed by atoms with E-state index in [-0.39, 0.29) is 6.61 Å². The van der Waals surface area contributed by atoms with Crippen LogP contribution in [-0.2, 0) is 14.3 Å². The minimum Gasteiger partial charge on any atom is -0.479 e. The van der Waals surface area contributed by atoms with Crippen LogP contribution in [-0.4, -0.2) is 36.0 Å². The van der Waals surface area contributed by atoms with Gasteiger partial charge in [-0.3, -0.25) is 0 Å². The molecule has 0 radical (unpaired) electrons. The maximum Gasteiger partial charge on any atom is 0.335 e. The third-order valence-electron chi connectivity index (χ3n) is 1.46. The normalized spacial score (nSPS) is 29.8. The van der Waals surface area contributed by atoms with Gasteiger partial charge in [-0.25, -0.2) is 4.79 Å². The lowest BCUT2D eigenvalue weighted by molar-refractivity contribution is -0.200. The predicted octanol–water partition coefficient (Wildman–Crippen LogP) is 0.265. The topological polar surface area (TPSA) is 55.8 Å². The highest BCUT2D eigenvalue weighted by atomic mass is 16.6. The van der Waals surface area contributed by atoms with E-state index in [0.29, 0.717) is 6.61 Å². The molecule has 4 heteroatoms. The van der Waals surface area contributed by atoms with E-state index in [1.54, 1.807) is 0 Å². The van der Waals surface area contributed by atoms with Crippen LogP contribution in [0.5, 0.6) is 0 Å². The van der Waals surface area contributed by atoms with Crippen molar-refractivity contribution in [3.05, 3.63) is 0 Å². The maximum absolute atomic E-state index is 10.4. The molecule has 0 saturated carbocycles. The van der Waals surface area contributed by atoms with Crippen molar-refractivity contribution in [1.82, 2.24) is 0 Å². The molecule has 1 aliphatic rings. The van der Waals surface area contributed by atoms with Crippen LogP contribution in [0.4, 0.5) is 0 Å². The lowest BCUT2D eigenvalue weighted by Gasteiger charge is -2.33. The standard InChI is InChI=1S/C7H12O4/c1-7(2)4-10-3-5(11-7)6(8)9/h5H,3-4H2,1-2H3,(H,8,9). The number of ether oxygens (including phenoxy) is 2. The van der Waals surface area contributed by atoms with Gasteiger partial charge in [-0.2, -0.15) is 0 Å². The van der Waals surface area contributed by atoms with Crippen LogP contribution < -0.4 is 0 Å². The smallest absolute Gasteiger partial charge is 0.335 e. The van der Waals surface area contributed by atoms with Crippen LogP contribution in [0, 0.1) is 0 Å². The molecular weight excluding hydrogens is 148 g/mol. The van der Waals surface area contributed by atoms with Gasteiger partial charge >= 0.3 is 5.97 Å². The first-order valence-corrected chi connectivity index (χ1v) is 3.50. The highest BCUT2D eigenvalue weighted by Gasteiger charge is 2.33. The van der Waals surface area contributed by atoms with E-state index in [1.807, 2.05) is 13.8 Å². The molecule has 0 spiro atoms. The molecule has 0 bridgehead atoms. The number of rotatable bonds is 1. The first-order valence-electron chi connectivity index (χ1n) is 3.50. The van der Waals surface area contributed by atoms with E-state index in [4.69, 9.17) is 14.6 Å². The number of hydrogen-bond acceptors (Lipinski definition) is 3. The Morgan fingerprint density at radius 3 is 2.64 bits per heavy atom. The van der Waals surface area contributed by atoms with E-state index < -0.39 is 17.7 Å². The molecule has 1 fully saturated rings. The number of carboxylic acids is 1. The number of aliphatic carboxylic acids is 1. The summed E-state index contributed by atoms with van der Waals surface area (Å²) in [4.78, 5) is 10.4. The second-order valence-corrected chi connectivity index (χ2v) is 3.22. The minimum absolute atomic E-state index is 0.152. The van der Waals surface area contributed by atoms with Gasteiger partial charge in [-0.05, 0) is 13.8 Å². The molecule has 0 aromatic carbocycles. The Labute approximate surface area is 65.1 Å². The summed E-state index contributed by atoms with van der Waals surface area (Å²) >= 11 is 0. The lowest BCUT2D eigenvalue weighted by atomic mass is 10.1. The molecule has 64 valence electrons. The second-order valence-electron chi connectivity index (χ2n) is 3.22. The Morgan fingerprint density at radius 2 is 2.27 bits per heavy atom. The first kappa shape index (κ1) is 8.49. The van der Waals surface area contributed by atoms with Crippen LogP contribution in [0.3, 0.4) is 0 Å². The Bertz CT molecular complexity index is 164.